The van der Waals surface area contributed by atoms with E-state index >= 15 is 0 Å². The maximum atomic E-state index is 13.9. The Morgan fingerprint density at radius 1 is 0.951 bits per heavy atom. The topological polar surface area (TPSA) is 260 Å². The summed E-state index contributed by atoms with van der Waals surface area (Å²) < 4.78 is 22.2. The Labute approximate surface area is 355 Å². The standard InChI is InChI=1S/C40H38N8O11S2/c1-19(61-40-44-46-47-45-40)25-18-60-38-32(37(53)48(38)33(25)39(54)55)43-36(52)31(21-6-9-23(49)10-7-21)42-35(51)24-11-12-26(41-34(24)50)22-8-14-28(30(16-22)58-4)59-17-20-5-13-27(56-2)29(15-20)57-3/h5-16,19,31-32,38,49H,17-18H2,1-4H3,(H,41,50)(H,42,51)(H,43,52)(H,54,55)(H,44,45,46,47)/t19?,31?,32?,38-/m0/s1. The molecule has 2 aromatic heterocycles. The molecule has 6 N–H and O–H groups in total. The van der Waals surface area contributed by atoms with Crippen LogP contribution in [0.4, 0.5) is 0 Å². The van der Waals surface area contributed by atoms with Gasteiger partial charge in [0.25, 0.3) is 17.4 Å². The van der Waals surface area contributed by atoms with Crippen LogP contribution in [0.1, 0.15) is 34.5 Å². The van der Waals surface area contributed by atoms with Gasteiger partial charge in [-0.2, -0.15) is 5.21 Å². The summed E-state index contributed by atoms with van der Waals surface area (Å²) in [5, 5.41) is 38.1. The maximum Gasteiger partial charge on any atom is 0.352 e. The highest BCUT2D eigenvalue weighted by Crippen LogP contribution is 2.43. The van der Waals surface area contributed by atoms with E-state index < -0.39 is 52.0 Å². The lowest BCUT2D eigenvalue weighted by atomic mass is 10.00. The van der Waals surface area contributed by atoms with Gasteiger partial charge in [0.05, 0.1) is 21.3 Å². The van der Waals surface area contributed by atoms with E-state index in [2.05, 4.69) is 36.2 Å². The molecule has 5 aromatic rings. The molecular formula is C40H38N8O11S2. The summed E-state index contributed by atoms with van der Waals surface area (Å²) in [6.07, 6.45) is 0. The number of phenolic OH excluding ortho intramolecular Hbond substituents is 1. The smallest absolute Gasteiger partial charge is 0.352 e. The van der Waals surface area contributed by atoms with E-state index in [1.807, 2.05) is 6.07 Å². The number of thioether (sulfide) groups is 2. The highest BCUT2D eigenvalue weighted by Gasteiger charge is 2.55. The van der Waals surface area contributed by atoms with Crippen molar-refractivity contribution in [2.24, 2.45) is 0 Å². The van der Waals surface area contributed by atoms with Gasteiger partial charge in [-0.25, -0.2) is 4.79 Å². The Morgan fingerprint density at radius 3 is 2.34 bits per heavy atom. The molecule has 2 aliphatic heterocycles. The van der Waals surface area contributed by atoms with Crippen molar-refractivity contribution in [3.63, 3.8) is 0 Å². The number of phenols is 1. The van der Waals surface area contributed by atoms with Crippen molar-refractivity contribution in [1.82, 2.24) is 41.1 Å². The minimum atomic E-state index is -1.44. The largest absolute Gasteiger partial charge is 0.508 e. The third-order valence-electron chi connectivity index (χ3n) is 9.83. The maximum absolute atomic E-state index is 13.9. The number of tetrazole rings is 1. The molecule has 61 heavy (non-hydrogen) atoms. The second-order valence-corrected chi connectivity index (χ2v) is 15.9. The predicted molar refractivity (Wildman–Crippen MR) is 220 cm³/mol. The molecule has 3 amide bonds. The van der Waals surface area contributed by atoms with Gasteiger partial charge >= 0.3 is 5.97 Å². The van der Waals surface area contributed by atoms with Gasteiger partial charge in [-0.05, 0) is 83.4 Å². The van der Waals surface area contributed by atoms with Crippen molar-refractivity contribution in [3.8, 4) is 40.0 Å². The number of carboxylic acids is 1. The van der Waals surface area contributed by atoms with Crippen LogP contribution in [0.3, 0.4) is 0 Å². The van der Waals surface area contributed by atoms with Gasteiger partial charge in [-0.15, -0.1) is 22.0 Å². The fraction of sp³-hybridized carbons (Fsp3) is 0.250. The van der Waals surface area contributed by atoms with Crippen LogP contribution >= 0.6 is 23.5 Å². The number of aromatic hydroxyl groups is 1. The number of hydrogen-bond acceptors (Lipinski definition) is 15. The third kappa shape index (κ3) is 8.82. The van der Waals surface area contributed by atoms with Gasteiger partial charge in [-0.3, -0.25) is 24.1 Å². The van der Waals surface area contributed by atoms with Gasteiger partial charge in [-0.1, -0.05) is 30.0 Å². The van der Waals surface area contributed by atoms with Crippen molar-refractivity contribution < 1.29 is 48.3 Å². The molecule has 19 nitrogen and oxygen atoms in total. The number of carboxylic acid groups (broad SMARTS) is 1. The number of carbonyl (C=O) groups excluding carboxylic acids is 3. The van der Waals surface area contributed by atoms with Crippen molar-refractivity contribution in [2.45, 2.75) is 41.4 Å². The third-order valence-corrected chi connectivity index (χ3v) is 12.2. The number of carbonyl (C=O) groups is 4. The number of aliphatic carboxylic acids is 1. The van der Waals surface area contributed by atoms with E-state index in [1.54, 1.807) is 51.5 Å². The first-order valence-corrected chi connectivity index (χ1v) is 20.3. The molecule has 0 aliphatic carbocycles. The summed E-state index contributed by atoms with van der Waals surface area (Å²) in [5.74, 6) is -1.59. The molecular weight excluding hydrogens is 833 g/mol. The molecule has 0 saturated carbocycles. The number of benzene rings is 3. The number of aromatic nitrogens is 5. The Balaban J connectivity index is 1.05. The zero-order chi connectivity index (χ0) is 43.4. The first kappa shape index (κ1) is 42.1. The first-order valence-electron chi connectivity index (χ1n) is 18.4. The summed E-state index contributed by atoms with van der Waals surface area (Å²) in [6.45, 7) is 1.96. The molecule has 2 aliphatic rings. The average molecular weight is 871 g/mol. The monoisotopic (exact) mass is 870 g/mol. The van der Waals surface area contributed by atoms with Crippen molar-refractivity contribution in [2.75, 3.05) is 27.1 Å². The summed E-state index contributed by atoms with van der Waals surface area (Å²) in [6, 6.07) is 16.2. The first-order chi connectivity index (χ1) is 29.4. The Hall–Kier alpha value is -7.00. The number of β-lactam (4-membered cyclic amide) rings is 1. The molecule has 0 spiro atoms. The van der Waals surface area contributed by atoms with E-state index in [0.717, 1.165) is 10.5 Å². The highest BCUT2D eigenvalue weighted by molar-refractivity contribution is 8.01. The minimum Gasteiger partial charge on any atom is -0.508 e. The van der Waals surface area contributed by atoms with Crippen LogP contribution in [0.5, 0.6) is 28.7 Å². The normalized spacial score (nSPS) is 16.7. The molecule has 3 aromatic carbocycles. The minimum absolute atomic E-state index is 0.102. The summed E-state index contributed by atoms with van der Waals surface area (Å²) in [7, 11) is 4.57. The number of nitrogens with zero attached hydrogens (tertiary/aromatic N) is 4. The van der Waals surface area contributed by atoms with E-state index in [-0.39, 0.29) is 34.9 Å². The van der Waals surface area contributed by atoms with Crippen LogP contribution < -0.4 is 35.1 Å². The fourth-order valence-corrected chi connectivity index (χ4v) is 9.12. The number of aromatic amines is 2. The van der Waals surface area contributed by atoms with Crippen molar-refractivity contribution in [3.05, 3.63) is 111 Å². The number of fused-ring (bicyclic) bond motifs is 1. The number of nitrogens with one attached hydrogen (secondary N) is 4. The van der Waals surface area contributed by atoms with Gasteiger partial charge < -0.3 is 44.8 Å². The van der Waals surface area contributed by atoms with Crippen LogP contribution in [-0.2, 0) is 21.0 Å². The Bertz CT molecular complexity index is 2570. The average Bonchev–Trinajstić information content (AvgIpc) is 3.78. The number of methoxy groups -OCH3 is 3. The number of pyridine rings is 1. The SMILES string of the molecule is COc1ccc(COc2ccc(-c3ccc(C(=O)NC(C(=O)NC4C(=O)N5C(C(=O)O)=C(C(C)Sc6nn[nH]n6)CS[C@@H]45)c4ccc(O)cc4)c(=O)[nH]3)cc2OC)cc1OC. The molecule has 1 saturated heterocycles. The zero-order valence-corrected chi connectivity index (χ0v) is 34.5. The molecule has 21 heteroatoms. The van der Waals surface area contributed by atoms with Crippen LogP contribution in [0.2, 0.25) is 0 Å². The number of ether oxygens (including phenoxy) is 4. The Kier molecular flexibility index (Phi) is 12.5. The summed E-state index contributed by atoms with van der Waals surface area (Å²) >= 11 is 2.44. The van der Waals surface area contributed by atoms with Gasteiger partial charge in [0.2, 0.25) is 11.1 Å². The molecule has 7 rings (SSSR count). The van der Waals surface area contributed by atoms with Crippen LogP contribution in [-0.4, -0.2) is 108 Å². The second-order valence-electron chi connectivity index (χ2n) is 13.5. The number of amides is 3. The number of hydrogen-bond donors (Lipinski definition) is 6. The van der Waals surface area contributed by atoms with E-state index in [9.17, 15) is 34.2 Å². The van der Waals surface area contributed by atoms with E-state index in [1.165, 1.54) is 67.0 Å². The highest BCUT2D eigenvalue weighted by atomic mass is 32.2. The molecule has 1 fully saturated rings. The molecule has 0 bridgehead atoms. The molecule has 3 unspecified atom stereocenters. The second kappa shape index (κ2) is 18.1. The summed E-state index contributed by atoms with van der Waals surface area (Å²) in [4.78, 5) is 70.9. The quantitative estimate of drug-likeness (QED) is 0.0614. The lowest BCUT2D eigenvalue weighted by Crippen LogP contribution is -2.71. The van der Waals surface area contributed by atoms with Crippen LogP contribution in [0.15, 0.2) is 94.0 Å². The van der Waals surface area contributed by atoms with E-state index in [0.29, 0.717) is 45.0 Å². The van der Waals surface area contributed by atoms with Crippen LogP contribution in [0, 0.1) is 0 Å². The predicted octanol–water partition coefficient (Wildman–Crippen LogP) is 3.26. The van der Waals surface area contributed by atoms with E-state index in [4.69, 9.17) is 18.9 Å². The number of H-pyrrole nitrogens is 2. The lowest BCUT2D eigenvalue weighted by molar-refractivity contribution is -0.151. The van der Waals surface area contributed by atoms with Gasteiger partial charge in [0, 0.05) is 22.3 Å². The van der Waals surface area contributed by atoms with Gasteiger partial charge in [0.1, 0.15) is 41.1 Å². The van der Waals surface area contributed by atoms with Gasteiger partial charge in [0.15, 0.2) is 23.0 Å². The Morgan fingerprint density at radius 2 is 1.67 bits per heavy atom. The molecule has 4 atom stereocenters. The number of rotatable bonds is 16. The van der Waals surface area contributed by atoms with Crippen molar-refractivity contribution >= 4 is 47.2 Å². The van der Waals surface area contributed by atoms with Crippen LogP contribution in [0.25, 0.3) is 11.3 Å². The molecule has 4 heterocycles. The molecule has 316 valence electrons. The zero-order valence-electron chi connectivity index (χ0n) is 32.8. The summed E-state index contributed by atoms with van der Waals surface area (Å²) in [5.41, 5.74) is 1.17. The fourth-order valence-electron chi connectivity index (χ4n) is 6.70. The lowest BCUT2D eigenvalue weighted by Gasteiger charge is -2.50. The molecule has 0 radical (unpaired) electrons. The van der Waals surface area contributed by atoms with Crippen molar-refractivity contribution in [1.29, 1.82) is 0 Å².